The van der Waals surface area contributed by atoms with Gasteiger partial charge in [0.2, 0.25) is 0 Å². The van der Waals surface area contributed by atoms with Crippen LogP contribution in [0.4, 0.5) is 11.4 Å². The molecular formula is C23H19ClN4O3. The summed E-state index contributed by atoms with van der Waals surface area (Å²) in [6.45, 7) is 1.91. The Morgan fingerprint density at radius 3 is 2.35 bits per heavy atom. The molecule has 3 rings (SSSR count). The average molecular weight is 435 g/mol. The molecule has 0 fully saturated rings. The molecule has 0 bridgehead atoms. The van der Waals surface area contributed by atoms with Crippen LogP contribution in [0.25, 0.3) is 0 Å². The van der Waals surface area contributed by atoms with Gasteiger partial charge in [0.25, 0.3) is 5.91 Å². The number of carbonyl (C=O) groups is 3. The van der Waals surface area contributed by atoms with Crippen LogP contribution in [0.3, 0.4) is 0 Å². The normalized spacial score (nSPS) is 10.5. The first-order chi connectivity index (χ1) is 14.9. The monoisotopic (exact) mass is 434 g/mol. The van der Waals surface area contributed by atoms with Crippen LogP contribution in [0.5, 0.6) is 0 Å². The van der Waals surface area contributed by atoms with Crippen molar-refractivity contribution in [1.82, 2.24) is 5.43 Å². The van der Waals surface area contributed by atoms with Crippen LogP contribution < -0.4 is 16.1 Å². The fourth-order valence-corrected chi connectivity index (χ4v) is 2.78. The minimum Gasteiger partial charge on any atom is -0.322 e. The number of aryl methyl sites for hydroxylation is 1. The fraction of sp³-hybridized carbons (Fsp3) is 0.0435. The largest absolute Gasteiger partial charge is 0.329 e. The topological polar surface area (TPSA) is 99.7 Å². The van der Waals surface area contributed by atoms with E-state index in [1.165, 1.54) is 12.3 Å². The lowest BCUT2D eigenvalue weighted by molar-refractivity contribution is -0.136. The molecule has 156 valence electrons. The molecular weight excluding hydrogens is 416 g/mol. The standard InChI is InChI=1S/C23H19ClN4O3/c1-15-5-4-6-18(13-15)26-21(29)19-7-2-3-8-20(19)27-22(30)23(31)28-25-14-16-9-11-17(24)12-10-16/h2-14H,1H3,(H,26,29)(H,27,30)(H,28,31). The van der Waals surface area contributed by atoms with Crippen molar-refractivity contribution in [1.29, 1.82) is 0 Å². The number of hydrazone groups is 1. The number of nitrogens with zero attached hydrogens (tertiary/aromatic N) is 1. The second-order valence-electron chi connectivity index (χ2n) is 6.57. The summed E-state index contributed by atoms with van der Waals surface area (Å²) in [6, 6.07) is 20.5. The molecule has 0 atom stereocenters. The molecule has 7 nitrogen and oxygen atoms in total. The van der Waals surface area contributed by atoms with Crippen molar-refractivity contribution in [2.75, 3.05) is 10.6 Å². The van der Waals surface area contributed by atoms with Crippen molar-refractivity contribution in [2.24, 2.45) is 5.10 Å². The van der Waals surface area contributed by atoms with Gasteiger partial charge < -0.3 is 10.6 Å². The Hall–Kier alpha value is -3.97. The van der Waals surface area contributed by atoms with Crippen LogP contribution in [-0.4, -0.2) is 23.9 Å². The Kier molecular flexibility index (Phi) is 7.13. The number of anilines is 2. The van der Waals surface area contributed by atoms with E-state index in [1.807, 2.05) is 25.1 Å². The summed E-state index contributed by atoms with van der Waals surface area (Å²) >= 11 is 5.81. The maximum Gasteiger partial charge on any atom is 0.329 e. The van der Waals surface area contributed by atoms with E-state index < -0.39 is 17.7 Å². The Morgan fingerprint density at radius 2 is 1.61 bits per heavy atom. The summed E-state index contributed by atoms with van der Waals surface area (Å²) in [4.78, 5) is 36.9. The first-order valence-electron chi connectivity index (χ1n) is 9.29. The lowest BCUT2D eigenvalue weighted by Gasteiger charge is -2.11. The number of amides is 3. The van der Waals surface area contributed by atoms with Crippen molar-refractivity contribution in [2.45, 2.75) is 6.92 Å². The summed E-state index contributed by atoms with van der Waals surface area (Å²) < 4.78 is 0. The molecule has 3 aromatic carbocycles. The van der Waals surface area contributed by atoms with E-state index in [1.54, 1.807) is 48.5 Å². The second kappa shape index (κ2) is 10.2. The second-order valence-corrected chi connectivity index (χ2v) is 7.01. The van der Waals surface area contributed by atoms with Gasteiger partial charge >= 0.3 is 11.8 Å². The Balaban J connectivity index is 1.63. The van der Waals surface area contributed by atoms with Crippen molar-refractivity contribution in [3.05, 3.63) is 94.5 Å². The third kappa shape index (κ3) is 6.25. The molecule has 0 radical (unpaired) electrons. The number of nitrogens with one attached hydrogen (secondary N) is 3. The van der Waals surface area contributed by atoms with E-state index in [2.05, 4.69) is 21.2 Å². The Labute approximate surface area is 184 Å². The van der Waals surface area contributed by atoms with Gasteiger partial charge in [0.15, 0.2) is 0 Å². The van der Waals surface area contributed by atoms with E-state index in [0.717, 1.165) is 5.56 Å². The van der Waals surface area contributed by atoms with E-state index in [0.29, 0.717) is 16.3 Å². The first kappa shape index (κ1) is 21.7. The molecule has 3 amide bonds. The van der Waals surface area contributed by atoms with Gasteiger partial charge in [-0.15, -0.1) is 0 Å². The predicted molar refractivity (Wildman–Crippen MR) is 121 cm³/mol. The zero-order valence-electron chi connectivity index (χ0n) is 16.6. The third-order valence-electron chi connectivity index (χ3n) is 4.15. The van der Waals surface area contributed by atoms with Crippen molar-refractivity contribution in [3.63, 3.8) is 0 Å². The lowest BCUT2D eigenvalue weighted by Crippen LogP contribution is -2.33. The highest BCUT2D eigenvalue weighted by Crippen LogP contribution is 2.18. The molecule has 0 unspecified atom stereocenters. The van der Waals surface area contributed by atoms with Crippen LogP contribution in [-0.2, 0) is 9.59 Å². The first-order valence-corrected chi connectivity index (χ1v) is 9.67. The molecule has 0 spiro atoms. The number of para-hydroxylation sites is 1. The highest BCUT2D eigenvalue weighted by atomic mass is 35.5. The zero-order chi connectivity index (χ0) is 22.2. The molecule has 0 saturated carbocycles. The fourth-order valence-electron chi connectivity index (χ4n) is 2.66. The smallest absolute Gasteiger partial charge is 0.322 e. The molecule has 3 N–H and O–H groups in total. The van der Waals surface area contributed by atoms with Crippen molar-refractivity contribution >= 4 is 46.9 Å². The SMILES string of the molecule is Cc1cccc(NC(=O)c2ccccc2NC(=O)C(=O)NN=Cc2ccc(Cl)cc2)c1. The van der Waals surface area contributed by atoms with Gasteiger partial charge in [0, 0.05) is 10.7 Å². The van der Waals surface area contributed by atoms with Crippen LogP contribution in [0, 0.1) is 6.92 Å². The van der Waals surface area contributed by atoms with E-state index in [4.69, 9.17) is 11.6 Å². The van der Waals surface area contributed by atoms with Gasteiger partial charge in [-0.05, 0) is 54.4 Å². The number of halogens is 1. The molecule has 0 aromatic heterocycles. The minimum atomic E-state index is -0.973. The lowest BCUT2D eigenvalue weighted by atomic mass is 10.1. The number of carbonyl (C=O) groups excluding carboxylic acids is 3. The highest BCUT2D eigenvalue weighted by Gasteiger charge is 2.17. The maximum atomic E-state index is 12.7. The quantitative estimate of drug-likeness (QED) is 0.321. The molecule has 31 heavy (non-hydrogen) atoms. The predicted octanol–water partition coefficient (Wildman–Crippen LogP) is 3.99. The minimum absolute atomic E-state index is 0.203. The van der Waals surface area contributed by atoms with Crippen LogP contribution in [0.15, 0.2) is 77.9 Å². The average Bonchev–Trinajstić information content (AvgIpc) is 2.75. The summed E-state index contributed by atoms with van der Waals surface area (Å²) in [5.41, 5.74) is 4.88. The van der Waals surface area contributed by atoms with E-state index in [-0.39, 0.29) is 11.3 Å². The maximum absolute atomic E-state index is 12.7. The summed E-state index contributed by atoms with van der Waals surface area (Å²) in [7, 11) is 0. The summed E-state index contributed by atoms with van der Waals surface area (Å²) in [6.07, 6.45) is 1.38. The summed E-state index contributed by atoms with van der Waals surface area (Å²) in [5, 5.41) is 9.54. The highest BCUT2D eigenvalue weighted by molar-refractivity contribution is 6.40. The number of hydrogen-bond acceptors (Lipinski definition) is 4. The van der Waals surface area contributed by atoms with Crippen LogP contribution >= 0.6 is 11.6 Å². The number of rotatable bonds is 5. The van der Waals surface area contributed by atoms with Crippen molar-refractivity contribution in [3.8, 4) is 0 Å². The summed E-state index contributed by atoms with van der Waals surface area (Å²) in [5.74, 6) is -2.34. The molecule has 0 aliphatic rings. The third-order valence-corrected chi connectivity index (χ3v) is 4.40. The van der Waals surface area contributed by atoms with Gasteiger partial charge in [-0.1, -0.05) is 48.0 Å². The zero-order valence-corrected chi connectivity index (χ0v) is 17.3. The van der Waals surface area contributed by atoms with Gasteiger partial charge in [-0.3, -0.25) is 14.4 Å². The molecule has 0 heterocycles. The van der Waals surface area contributed by atoms with Gasteiger partial charge in [0.05, 0.1) is 17.5 Å². The molecule has 3 aromatic rings. The molecule has 8 heteroatoms. The number of benzene rings is 3. The van der Waals surface area contributed by atoms with Crippen LogP contribution in [0.1, 0.15) is 21.5 Å². The number of hydrogen-bond donors (Lipinski definition) is 3. The Bertz CT molecular complexity index is 1140. The Morgan fingerprint density at radius 1 is 0.871 bits per heavy atom. The van der Waals surface area contributed by atoms with Gasteiger partial charge in [0.1, 0.15) is 0 Å². The molecule has 0 saturated heterocycles. The molecule has 0 aliphatic heterocycles. The van der Waals surface area contributed by atoms with Crippen LogP contribution in [0.2, 0.25) is 5.02 Å². The van der Waals surface area contributed by atoms with Gasteiger partial charge in [-0.2, -0.15) is 5.10 Å². The van der Waals surface area contributed by atoms with E-state index in [9.17, 15) is 14.4 Å². The molecule has 0 aliphatic carbocycles. The van der Waals surface area contributed by atoms with Crippen molar-refractivity contribution < 1.29 is 14.4 Å². The van der Waals surface area contributed by atoms with Gasteiger partial charge in [-0.25, -0.2) is 5.43 Å². The van der Waals surface area contributed by atoms with E-state index >= 15 is 0 Å².